The molecule has 1 N–H and O–H groups in total. The molecule has 0 fully saturated rings. The fourth-order valence-corrected chi connectivity index (χ4v) is 3.19. The summed E-state index contributed by atoms with van der Waals surface area (Å²) >= 11 is 9.89. The van der Waals surface area contributed by atoms with E-state index in [2.05, 4.69) is 47.2 Å². The van der Waals surface area contributed by atoms with Crippen LogP contribution in [0.3, 0.4) is 0 Å². The van der Waals surface area contributed by atoms with E-state index in [9.17, 15) is 0 Å². The van der Waals surface area contributed by atoms with Crippen LogP contribution < -0.4 is 10.1 Å². The van der Waals surface area contributed by atoms with Crippen molar-refractivity contribution in [1.29, 1.82) is 0 Å². The van der Waals surface area contributed by atoms with E-state index in [4.69, 9.17) is 16.3 Å². The third kappa shape index (κ3) is 3.79. The highest BCUT2D eigenvalue weighted by atomic mass is 79.9. The van der Waals surface area contributed by atoms with Crippen molar-refractivity contribution in [2.24, 2.45) is 0 Å². The fraction of sp³-hybridized carbons (Fsp3) is 0.294. The number of hydrogen-bond donors (Lipinski definition) is 1. The first kappa shape index (κ1) is 16.3. The molecule has 2 aromatic rings. The standard InChI is InChI=1S/C17H19BrClNO/c1-4-20-17(13-7-6-12(18)10-15(13)19)14-9-11(2)5-8-16(14)21-3/h5-10,17,20H,4H2,1-3H3. The summed E-state index contributed by atoms with van der Waals surface area (Å²) in [6.45, 7) is 5.01. The molecule has 0 aliphatic rings. The van der Waals surface area contributed by atoms with Gasteiger partial charge in [-0.25, -0.2) is 0 Å². The molecule has 21 heavy (non-hydrogen) atoms. The van der Waals surface area contributed by atoms with Crippen LogP contribution in [0.5, 0.6) is 5.75 Å². The van der Waals surface area contributed by atoms with Crippen LogP contribution in [-0.2, 0) is 0 Å². The summed E-state index contributed by atoms with van der Waals surface area (Å²) in [5.41, 5.74) is 3.34. The van der Waals surface area contributed by atoms with Crippen LogP contribution in [0.25, 0.3) is 0 Å². The van der Waals surface area contributed by atoms with Crippen LogP contribution in [0.4, 0.5) is 0 Å². The van der Waals surface area contributed by atoms with Crippen molar-refractivity contribution in [3.05, 3.63) is 62.6 Å². The van der Waals surface area contributed by atoms with Gasteiger partial charge in [0.05, 0.1) is 13.2 Å². The molecular weight excluding hydrogens is 350 g/mol. The SMILES string of the molecule is CCNC(c1ccc(Br)cc1Cl)c1cc(C)ccc1OC. The first-order valence-corrected chi connectivity index (χ1v) is 8.06. The average molecular weight is 369 g/mol. The summed E-state index contributed by atoms with van der Waals surface area (Å²) in [5, 5.41) is 4.23. The topological polar surface area (TPSA) is 21.3 Å². The van der Waals surface area contributed by atoms with Gasteiger partial charge < -0.3 is 10.1 Å². The largest absolute Gasteiger partial charge is 0.496 e. The van der Waals surface area contributed by atoms with Gasteiger partial charge in [-0.3, -0.25) is 0 Å². The van der Waals surface area contributed by atoms with E-state index in [1.54, 1.807) is 7.11 Å². The number of ether oxygens (including phenoxy) is 1. The van der Waals surface area contributed by atoms with E-state index >= 15 is 0 Å². The van der Waals surface area contributed by atoms with Crippen LogP contribution in [-0.4, -0.2) is 13.7 Å². The third-order valence-corrected chi connectivity index (χ3v) is 4.20. The molecule has 0 aliphatic heterocycles. The second kappa shape index (κ2) is 7.30. The zero-order valence-electron chi connectivity index (χ0n) is 12.4. The van der Waals surface area contributed by atoms with Crippen molar-refractivity contribution < 1.29 is 4.74 Å². The lowest BCUT2D eigenvalue weighted by molar-refractivity contribution is 0.404. The molecule has 0 aromatic heterocycles. The Labute approximate surface area is 139 Å². The number of methoxy groups -OCH3 is 1. The van der Waals surface area contributed by atoms with E-state index in [1.165, 1.54) is 5.56 Å². The number of halogens is 2. The highest BCUT2D eigenvalue weighted by Crippen LogP contribution is 2.35. The molecule has 0 saturated heterocycles. The maximum atomic E-state index is 6.43. The minimum atomic E-state index is 0.00505. The Kier molecular flexibility index (Phi) is 5.68. The maximum absolute atomic E-state index is 6.43. The average Bonchev–Trinajstić information content (AvgIpc) is 2.45. The molecule has 1 unspecified atom stereocenters. The molecule has 112 valence electrons. The smallest absolute Gasteiger partial charge is 0.124 e. The van der Waals surface area contributed by atoms with Gasteiger partial charge >= 0.3 is 0 Å². The van der Waals surface area contributed by atoms with Gasteiger partial charge in [-0.15, -0.1) is 0 Å². The summed E-state index contributed by atoms with van der Waals surface area (Å²) in [5.74, 6) is 0.866. The zero-order chi connectivity index (χ0) is 15.4. The van der Waals surface area contributed by atoms with Gasteiger partial charge in [-0.1, -0.05) is 58.2 Å². The quantitative estimate of drug-likeness (QED) is 0.791. The Balaban J connectivity index is 2.55. The number of hydrogen-bond acceptors (Lipinski definition) is 2. The van der Waals surface area contributed by atoms with E-state index in [0.717, 1.165) is 32.9 Å². The van der Waals surface area contributed by atoms with Gasteiger partial charge in [0, 0.05) is 15.1 Å². The van der Waals surface area contributed by atoms with Gasteiger partial charge in [0.2, 0.25) is 0 Å². The lowest BCUT2D eigenvalue weighted by Crippen LogP contribution is -2.23. The Morgan fingerprint density at radius 2 is 1.95 bits per heavy atom. The van der Waals surface area contributed by atoms with E-state index in [-0.39, 0.29) is 6.04 Å². The van der Waals surface area contributed by atoms with Gasteiger partial charge in [0.1, 0.15) is 5.75 Å². The first-order valence-electron chi connectivity index (χ1n) is 6.89. The minimum Gasteiger partial charge on any atom is -0.496 e. The van der Waals surface area contributed by atoms with Crippen LogP contribution in [0.2, 0.25) is 5.02 Å². The van der Waals surface area contributed by atoms with Gasteiger partial charge in [-0.05, 0) is 37.2 Å². The monoisotopic (exact) mass is 367 g/mol. The summed E-state index contributed by atoms with van der Waals surface area (Å²) in [6, 6.07) is 12.2. The highest BCUT2D eigenvalue weighted by Gasteiger charge is 2.20. The Morgan fingerprint density at radius 1 is 1.19 bits per heavy atom. The maximum Gasteiger partial charge on any atom is 0.124 e. The molecular formula is C17H19BrClNO. The molecule has 0 amide bonds. The molecule has 0 aliphatic carbocycles. The first-order chi connectivity index (χ1) is 10.1. The molecule has 0 bridgehead atoms. The highest BCUT2D eigenvalue weighted by molar-refractivity contribution is 9.10. The Bertz CT molecular complexity index is 630. The number of benzene rings is 2. The fourth-order valence-electron chi connectivity index (χ4n) is 2.41. The molecule has 4 heteroatoms. The van der Waals surface area contributed by atoms with Crippen molar-refractivity contribution in [3.8, 4) is 5.75 Å². The van der Waals surface area contributed by atoms with Crippen molar-refractivity contribution in [3.63, 3.8) is 0 Å². The molecule has 0 radical (unpaired) electrons. The zero-order valence-corrected chi connectivity index (χ0v) is 14.8. The second-order valence-electron chi connectivity index (χ2n) is 4.90. The number of rotatable bonds is 5. The molecule has 2 nitrogen and oxygen atoms in total. The van der Waals surface area contributed by atoms with Crippen molar-refractivity contribution in [2.75, 3.05) is 13.7 Å². The van der Waals surface area contributed by atoms with Gasteiger partial charge in [0.15, 0.2) is 0 Å². The van der Waals surface area contributed by atoms with Gasteiger partial charge in [0.25, 0.3) is 0 Å². The third-order valence-electron chi connectivity index (χ3n) is 3.38. The lowest BCUT2D eigenvalue weighted by atomic mass is 9.96. The van der Waals surface area contributed by atoms with Gasteiger partial charge in [-0.2, -0.15) is 0 Å². The molecule has 2 aromatic carbocycles. The van der Waals surface area contributed by atoms with Crippen LogP contribution in [0, 0.1) is 6.92 Å². The normalized spacial score (nSPS) is 12.2. The molecule has 0 spiro atoms. The van der Waals surface area contributed by atoms with E-state index in [0.29, 0.717) is 0 Å². The Morgan fingerprint density at radius 3 is 2.57 bits per heavy atom. The molecule has 1 atom stereocenters. The number of nitrogens with one attached hydrogen (secondary N) is 1. The van der Waals surface area contributed by atoms with Crippen molar-refractivity contribution in [1.82, 2.24) is 5.32 Å². The van der Waals surface area contributed by atoms with Crippen LogP contribution >= 0.6 is 27.5 Å². The Hall–Kier alpha value is -1.03. The lowest BCUT2D eigenvalue weighted by Gasteiger charge is -2.23. The minimum absolute atomic E-state index is 0.00505. The molecule has 2 rings (SSSR count). The van der Waals surface area contributed by atoms with Crippen molar-refractivity contribution in [2.45, 2.75) is 19.9 Å². The predicted octanol–water partition coefficient (Wildman–Crippen LogP) is 5.12. The van der Waals surface area contributed by atoms with Crippen LogP contribution in [0.15, 0.2) is 40.9 Å². The van der Waals surface area contributed by atoms with E-state index in [1.807, 2.05) is 24.3 Å². The molecule has 0 saturated carbocycles. The summed E-state index contributed by atoms with van der Waals surface area (Å²) in [6.07, 6.45) is 0. The van der Waals surface area contributed by atoms with E-state index < -0.39 is 0 Å². The second-order valence-corrected chi connectivity index (χ2v) is 6.22. The van der Waals surface area contributed by atoms with Crippen LogP contribution in [0.1, 0.15) is 29.7 Å². The van der Waals surface area contributed by atoms with Crippen molar-refractivity contribution >= 4 is 27.5 Å². The summed E-state index contributed by atoms with van der Waals surface area (Å²) in [7, 11) is 1.69. The molecule has 0 heterocycles. The summed E-state index contributed by atoms with van der Waals surface area (Å²) in [4.78, 5) is 0. The predicted molar refractivity (Wildman–Crippen MR) is 92.4 cm³/mol. The number of aryl methyl sites for hydroxylation is 1. The summed E-state index contributed by atoms with van der Waals surface area (Å²) < 4.78 is 6.50.